The average molecular weight is 212 g/mol. The number of ether oxygens (including phenoxy) is 1. The smallest absolute Gasteiger partial charge is 0.323 e. The van der Waals surface area contributed by atoms with Gasteiger partial charge in [0.15, 0.2) is 0 Å². The molecule has 0 saturated carbocycles. The molecule has 5 heteroatoms. The largest absolute Gasteiger partial charge is 0.468 e. The van der Waals surface area contributed by atoms with Crippen molar-refractivity contribution in [2.24, 2.45) is 0 Å². The highest BCUT2D eigenvalue weighted by atomic mass is 16.5. The second-order valence-electron chi connectivity index (χ2n) is 3.68. The number of hydrogen-bond acceptors (Lipinski definition) is 5. The van der Waals surface area contributed by atoms with Crippen molar-refractivity contribution in [3.63, 3.8) is 0 Å². The van der Waals surface area contributed by atoms with Gasteiger partial charge in [0.2, 0.25) is 0 Å². The number of aliphatic hydroxyl groups is 1. The lowest BCUT2D eigenvalue weighted by Crippen LogP contribution is -2.43. The molecule has 3 atom stereocenters. The summed E-state index contributed by atoms with van der Waals surface area (Å²) < 4.78 is 4.65. The lowest BCUT2D eigenvalue weighted by atomic mass is 10.1. The first-order valence-corrected chi connectivity index (χ1v) is 5.05. The fraction of sp³-hybridized carbons (Fsp3) is 0.800. The molecule has 1 heterocycles. The molecular weight excluding hydrogens is 196 g/mol. The zero-order valence-electron chi connectivity index (χ0n) is 9.01. The third kappa shape index (κ3) is 2.46. The van der Waals surface area contributed by atoms with Crippen LogP contribution in [0.1, 0.15) is 19.8 Å². The minimum Gasteiger partial charge on any atom is -0.468 e. The Kier molecular flexibility index (Phi) is 4.06. The maximum absolute atomic E-state index is 11.4. The fourth-order valence-corrected chi connectivity index (χ4v) is 1.95. The molecule has 0 bridgehead atoms. The van der Waals surface area contributed by atoms with Crippen molar-refractivity contribution >= 4 is 5.97 Å². The van der Waals surface area contributed by atoms with Crippen molar-refractivity contribution in [1.29, 1.82) is 5.26 Å². The molecule has 0 radical (unpaired) electrons. The van der Waals surface area contributed by atoms with Gasteiger partial charge in [0, 0.05) is 13.0 Å². The van der Waals surface area contributed by atoms with E-state index in [-0.39, 0.29) is 12.0 Å². The summed E-state index contributed by atoms with van der Waals surface area (Å²) in [5, 5.41) is 18.4. The van der Waals surface area contributed by atoms with Gasteiger partial charge in [-0.1, -0.05) is 6.92 Å². The van der Waals surface area contributed by atoms with E-state index in [0.29, 0.717) is 19.4 Å². The van der Waals surface area contributed by atoms with E-state index in [4.69, 9.17) is 5.26 Å². The van der Waals surface area contributed by atoms with Gasteiger partial charge in [-0.2, -0.15) is 5.26 Å². The van der Waals surface area contributed by atoms with Crippen LogP contribution in [0.3, 0.4) is 0 Å². The molecule has 0 spiro atoms. The Morgan fingerprint density at radius 2 is 2.47 bits per heavy atom. The summed E-state index contributed by atoms with van der Waals surface area (Å²) in [6.07, 6.45) is 0.443. The Balaban J connectivity index is 2.77. The van der Waals surface area contributed by atoms with Crippen molar-refractivity contribution in [2.75, 3.05) is 13.7 Å². The molecular formula is C10H16N2O3. The van der Waals surface area contributed by atoms with E-state index < -0.39 is 12.1 Å². The van der Waals surface area contributed by atoms with Gasteiger partial charge in [-0.25, -0.2) is 0 Å². The van der Waals surface area contributed by atoms with Crippen molar-refractivity contribution < 1.29 is 14.6 Å². The number of nitrogens with zero attached hydrogens (tertiary/aromatic N) is 2. The molecule has 1 aliphatic heterocycles. The monoisotopic (exact) mass is 212 g/mol. The summed E-state index contributed by atoms with van der Waals surface area (Å²) in [5.74, 6) is -0.375. The van der Waals surface area contributed by atoms with Crippen LogP contribution in [0.2, 0.25) is 0 Å². The Labute approximate surface area is 89.2 Å². The normalized spacial score (nSPS) is 28.4. The Morgan fingerprint density at radius 3 is 2.93 bits per heavy atom. The van der Waals surface area contributed by atoms with Gasteiger partial charge in [0.1, 0.15) is 6.04 Å². The van der Waals surface area contributed by atoms with Crippen LogP contribution in [-0.4, -0.2) is 47.8 Å². The highest BCUT2D eigenvalue weighted by Gasteiger charge is 2.39. The number of esters is 1. The summed E-state index contributed by atoms with van der Waals surface area (Å²) in [6, 6.07) is 1.33. The summed E-state index contributed by atoms with van der Waals surface area (Å²) >= 11 is 0. The molecule has 1 N–H and O–H groups in total. The molecule has 0 aromatic carbocycles. The van der Waals surface area contributed by atoms with Crippen LogP contribution < -0.4 is 0 Å². The van der Waals surface area contributed by atoms with Crippen LogP contribution in [0, 0.1) is 11.3 Å². The van der Waals surface area contributed by atoms with Crippen LogP contribution in [0.4, 0.5) is 0 Å². The lowest BCUT2D eigenvalue weighted by Gasteiger charge is -2.25. The third-order valence-corrected chi connectivity index (χ3v) is 2.73. The number of β-amino-alcohol motifs (C(OH)–C–C–N with tert-alkyl or cyclic N) is 1. The standard InChI is InChI=1S/C10H16N2O3/c1-3-7(5-11)12-6-8(13)4-9(12)10(14)15-2/h7-9,13H,3-4,6H2,1-2H3. The number of likely N-dealkylation sites (tertiary alicyclic amines) is 1. The number of aliphatic hydroxyl groups excluding tert-OH is 1. The zero-order valence-corrected chi connectivity index (χ0v) is 9.01. The summed E-state index contributed by atoms with van der Waals surface area (Å²) in [7, 11) is 1.32. The SMILES string of the molecule is CCC(C#N)N1CC(O)CC1C(=O)OC. The summed E-state index contributed by atoms with van der Waals surface area (Å²) in [4.78, 5) is 13.1. The quantitative estimate of drug-likeness (QED) is 0.661. The molecule has 15 heavy (non-hydrogen) atoms. The van der Waals surface area contributed by atoms with E-state index in [9.17, 15) is 9.90 Å². The van der Waals surface area contributed by atoms with E-state index >= 15 is 0 Å². The molecule has 3 unspecified atom stereocenters. The molecule has 0 aromatic heterocycles. The van der Waals surface area contributed by atoms with E-state index in [2.05, 4.69) is 10.8 Å². The molecule has 1 rings (SSSR count). The summed E-state index contributed by atoms with van der Waals surface area (Å²) in [5.41, 5.74) is 0. The highest BCUT2D eigenvalue weighted by Crippen LogP contribution is 2.22. The Morgan fingerprint density at radius 1 is 1.80 bits per heavy atom. The maximum Gasteiger partial charge on any atom is 0.323 e. The van der Waals surface area contributed by atoms with E-state index in [1.165, 1.54) is 7.11 Å². The van der Waals surface area contributed by atoms with Gasteiger partial charge in [-0.15, -0.1) is 0 Å². The predicted octanol–water partition coefficient (Wildman–Crippen LogP) is -0.103. The van der Waals surface area contributed by atoms with Crippen LogP contribution in [-0.2, 0) is 9.53 Å². The number of carbonyl (C=O) groups is 1. The van der Waals surface area contributed by atoms with Crippen LogP contribution in [0.25, 0.3) is 0 Å². The second kappa shape index (κ2) is 5.10. The van der Waals surface area contributed by atoms with Crippen LogP contribution >= 0.6 is 0 Å². The molecule has 1 fully saturated rings. The number of rotatable bonds is 3. The number of nitriles is 1. The predicted molar refractivity (Wildman–Crippen MR) is 52.8 cm³/mol. The van der Waals surface area contributed by atoms with Gasteiger partial charge in [0.05, 0.1) is 25.3 Å². The van der Waals surface area contributed by atoms with Gasteiger partial charge >= 0.3 is 5.97 Å². The first-order valence-electron chi connectivity index (χ1n) is 5.05. The van der Waals surface area contributed by atoms with Crippen molar-refractivity contribution in [3.8, 4) is 6.07 Å². The van der Waals surface area contributed by atoms with Crippen molar-refractivity contribution in [2.45, 2.75) is 38.0 Å². The van der Waals surface area contributed by atoms with E-state index in [1.54, 1.807) is 4.90 Å². The molecule has 1 saturated heterocycles. The molecule has 0 aliphatic carbocycles. The van der Waals surface area contributed by atoms with Gasteiger partial charge < -0.3 is 9.84 Å². The van der Waals surface area contributed by atoms with Crippen molar-refractivity contribution in [1.82, 2.24) is 4.90 Å². The van der Waals surface area contributed by atoms with Crippen LogP contribution in [0.5, 0.6) is 0 Å². The van der Waals surface area contributed by atoms with E-state index in [1.807, 2.05) is 6.92 Å². The number of hydrogen-bond donors (Lipinski definition) is 1. The Bertz CT molecular complexity index is 274. The Hall–Kier alpha value is -1.12. The number of carbonyl (C=O) groups excluding carboxylic acids is 1. The number of methoxy groups -OCH3 is 1. The topological polar surface area (TPSA) is 73.6 Å². The first kappa shape index (κ1) is 12.0. The van der Waals surface area contributed by atoms with Crippen molar-refractivity contribution in [3.05, 3.63) is 0 Å². The first-order chi connectivity index (χ1) is 7.13. The average Bonchev–Trinajstić information content (AvgIpc) is 2.61. The minimum atomic E-state index is -0.545. The molecule has 0 amide bonds. The zero-order chi connectivity index (χ0) is 11.4. The molecule has 1 aliphatic rings. The maximum atomic E-state index is 11.4. The second-order valence-corrected chi connectivity index (χ2v) is 3.68. The lowest BCUT2D eigenvalue weighted by molar-refractivity contribution is -0.146. The minimum absolute atomic E-state index is 0.328. The molecule has 84 valence electrons. The fourth-order valence-electron chi connectivity index (χ4n) is 1.95. The molecule has 5 nitrogen and oxygen atoms in total. The summed E-state index contributed by atoms with van der Waals surface area (Å²) in [6.45, 7) is 2.25. The highest BCUT2D eigenvalue weighted by molar-refractivity contribution is 5.76. The van der Waals surface area contributed by atoms with Gasteiger partial charge in [0.25, 0.3) is 0 Å². The van der Waals surface area contributed by atoms with Crippen LogP contribution in [0.15, 0.2) is 0 Å². The van der Waals surface area contributed by atoms with Gasteiger partial charge in [-0.05, 0) is 6.42 Å². The van der Waals surface area contributed by atoms with E-state index in [0.717, 1.165) is 0 Å². The molecule has 0 aromatic rings. The third-order valence-electron chi connectivity index (χ3n) is 2.73. The van der Waals surface area contributed by atoms with Gasteiger partial charge in [-0.3, -0.25) is 9.69 Å².